The molecule has 1 heterocycles. The predicted octanol–water partition coefficient (Wildman–Crippen LogP) is 2.56. The number of carbonyl (C=O) groups is 1. The van der Waals surface area contributed by atoms with Gasteiger partial charge in [0.25, 0.3) is 0 Å². The number of H-pyrrole nitrogens is 1. The minimum atomic E-state index is -0.581. The molecule has 0 atom stereocenters. The molecule has 1 N–H and O–H groups in total. The molecule has 1 aliphatic carbocycles. The van der Waals surface area contributed by atoms with Crippen molar-refractivity contribution >= 4 is 17.0 Å². The first-order valence-electron chi connectivity index (χ1n) is 6.91. The topological polar surface area (TPSA) is 64.2 Å². The second-order valence-corrected chi connectivity index (χ2v) is 5.12. The van der Waals surface area contributed by atoms with Crippen LogP contribution in [-0.4, -0.2) is 29.7 Å². The normalized spacial score (nSPS) is 16.7. The molecule has 0 aliphatic heterocycles. The number of hydrogen-bond donors (Lipinski definition) is 1. The van der Waals surface area contributed by atoms with Crippen LogP contribution in [0.3, 0.4) is 0 Å². The molecule has 5 heteroatoms. The fraction of sp³-hybridized carbons (Fsp3) is 0.467. The van der Waals surface area contributed by atoms with Crippen molar-refractivity contribution in [2.45, 2.75) is 31.6 Å². The number of imidazole rings is 1. The SMILES string of the molecule is CCOC(=O)C1(c2nc3ccc(OC)cc3[nH]2)CCC1. The number of fused-ring (bicyclic) bond motifs is 1. The van der Waals surface area contributed by atoms with E-state index in [1.807, 2.05) is 25.1 Å². The van der Waals surface area contributed by atoms with E-state index in [-0.39, 0.29) is 5.97 Å². The van der Waals surface area contributed by atoms with Crippen LogP contribution in [0, 0.1) is 0 Å². The van der Waals surface area contributed by atoms with Gasteiger partial charge in [0.1, 0.15) is 17.0 Å². The van der Waals surface area contributed by atoms with Gasteiger partial charge in [-0.25, -0.2) is 4.98 Å². The molecule has 0 amide bonds. The maximum Gasteiger partial charge on any atom is 0.319 e. The maximum atomic E-state index is 12.2. The lowest BCUT2D eigenvalue weighted by molar-refractivity contribution is -0.154. The third-order valence-electron chi connectivity index (χ3n) is 4.02. The van der Waals surface area contributed by atoms with E-state index in [1.54, 1.807) is 7.11 Å². The van der Waals surface area contributed by atoms with E-state index in [2.05, 4.69) is 9.97 Å². The summed E-state index contributed by atoms with van der Waals surface area (Å²) in [5.41, 5.74) is 1.15. The number of benzene rings is 1. The second-order valence-electron chi connectivity index (χ2n) is 5.12. The molecule has 2 aromatic rings. The molecule has 1 aromatic heterocycles. The van der Waals surface area contributed by atoms with Crippen LogP contribution >= 0.6 is 0 Å². The third kappa shape index (κ3) is 1.85. The molecule has 0 radical (unpaired) electrons. The van der Waals surface area contributed by atoms with Crippen LogP contribution in [0.5, 0.6) is 5.75 Å². The predicted molar refractivity (Wildman–Crippen MR) is 74.8 cm³/mol. The lowest BCUT2D eigenvalue weighted by Crippen LogP contribution is -2.44. The average molecular weight is 274 g/mol. The first-order valence-corrected chi connectivity index (χ1v) is 6.91. The largest absolute Gasteiger partial charge is 0.497 e. The first kappa shape index (κ1) is 13.0. The lowest BCUT2D eigenvalue weighted by atomic mass is 9.68. The monoisotopic (exact) mass is 274 g/mol. The summed E-state index contributed by atoms with van der Waals surface area (Å²) in [5, 5.41) is 0. The van der Waals surface area contributed by atoms with Crippen LogP contribution in [0.1, 0.15) is 32.0 Å². The molecule has 1 aliphatic rings. The fourth-order valence-electron chi connectivity index (χ4n) is 2.68. The van der Waals surface area contributed by atoms with Gasteiger partial charge in [0.15, 0.2) is 0 Å². The van der Waals surface area contributed by atoms with E-state index in [1.165, 1.54) is 0 Å². The molecular formula is C15H18N2O3. The number of methoxy groups -OCH3 is 1. The smallest absolute Gasteiger partial charge is 0.319 e. The molecular weight excluding hydrogens is 256 g/mol. The summed E-state index contributed by atoms with van der Waals surface area (Å²) >= 11 is 0. The molecule has 0 bridgehead atoms. The molecule has 5 nitrogen and oxygen atoms in total. The molecule has 0 saturated heterocycles. The highest BCUT2D eigenvalue weighted by atomic mass is 16.5. The number of hydrogen-bond acceptors (Lipinski definition) is 4. The Balaban J connectivity index is 2.02. The van der Waals surface area contributed by atoms with Crippen molar-refractivity contribution in [1.82, 2.24) is 9.97 Å². The van der Waals surface area contributed by atoms with Crippen molar-refractivity contribution in [3.63, 3.8) is 0 Å². The van der Waals surface area contributed by atoms with Gasteiger partial charge >= 0.3 is 5.97 Å². The maximum absolute atomic E-state index is 12.2. The molecule has 0 spiro atoms. The van der Waals surface area contributed by atoms with Crippen LogP contribution < -0.4 is 4.74 Å². The minimum absolute atomic E-state index is 0.169. The molecule has 1 saturated carbocycles. The summed E-state index contributed by atoms with van der Waals surface area (Å²) < 4.78 is 10.4. The van der Waals surface area contributed by atoms with Crippen LogP contribution in [0.15, 0.2) is 18.2 Å². The Hall–Kier alpha value is -2.04. The van der Waals surface area contributed by atoms with E-state index in [0.717, 1.165) is 36.0 Å². The molecule has 1 fully saturated rings. The fourth-order valence-corrected chi connectivity index (χ4v) is 2.68. The van der Waals surface area contributed by atoms with Crippen molar-refractivity contribution < 1.29 is 14.3 Å². The number of aromatic amines is 1. The van der Waals surface area contributed by atoms with Gasteiger partial charge in [-0.05, 0) is 31.9 Å². The summed E-state index contributed by atoms with van der Waals surface area (Å²) in [4.78, 5) is 20.1. The van der Waals surface area contributed by atoms with Gasteiger partial charge in [-0.2, -0.15) is 0 Å². The van der Waals surface area contributed by atoms with E-state index in [4.69, 9.17) is 9.47 Å². The summed E-state index contributed by atoms with van der Waals surface area (Å²) in [7, 11) is 1.63. The van der Waals surface area contributed by atoms with Crippen LogP contribution in [0.2, 0.25) is 0 Å². The quantitative estimate of drug-likeness (QED) is 0.870. The Bertz CT molecular complexity index is 644. The highest BCUT2D eigenvalue weighted by Gasteiger charge is 2.49. The van der Waals surface area contributed by atoms with Crippen molar-refractivity contribution in [1.29, 1.82) is 0 Å². The Morgan fingerprint density at radius 3 is 2.85 bits per heavy atom. The zero-order valence-corrected chi connectivity index (χ0v) is 11.7. The second kappa shape index (κ2) is 4.81. The van der Waals surface area contributed by atoms with Crippen molar-refractivity contribution in [2.75, 3.05) is 13.7 Å². The molecule has 1 aromatic carbocycles. The van der Waals surface area contributed by atoms with Gasteiger partial charge in [0.2, 0.25) is 0 Å². The van der Waals surface area contributed by atoms with Crippen molar-refractivity contribution in [2.24, 2.45) is 0 Å². The number of carbonyl (C=O) groups excluding carboxylic acids is 1. The standard InChI is InChI=1S/C15H18N2O3/c1-3-20-14(18)15(7-4-8-15)13-16-11-6-5-10(19-2)9-12(11)17-13/h5-6,9H,3-4,7-8H2,1-2H3,(H,16,17). The number of esters is 1. The van der Waals surface area contributed by atoms with Gasteiger partial charge in [0.05, 0.1) is 24.8 Å². The van der Waals surface area contributed by atoms with Crippen molar-refractivity contribution in [3.05, 3.63) is 24.0 Å². The highest BCUT2D eigenvalue weighted by molar-refractivity contribution is 5.85. The Morgan fingerprint density at radius 1 is 1.45 bits per heavy atom. The van der Waals surface area contributed by atoms with Gasteiger partial charge in [-0.3, -0.25) is 4.79 Å². The van der Waals surface area contributed by atoms with Gasteiger partial charge in [-0.1, -0.05) is 6.42 Å². The van der Waals surface area contributed by atoms with Crippen molar-refractivity contribution in [3.8, 4) is 5.75 Å². The third-order valence-corrected chi connectivity index (χ3v) is 4.02. The van der Waals surface area contributed by atoms with Gasteiger partial charge in [0, 0.05) is 6.07 Å². The Morgan fingerprint density at radius 2 is 2.25 bits per heavy atom. The highest BCUT2D eigenvalue weighted by Crippen LogP contribution is 2.44. The summed E-state index contributed by atoms with van der Waals surface area (Å²) in [6.45, 7) is 2.22. The molecule has 3 rings (SSSR count). The zero-order chi connectivity index (χ0) is 14.2. The van der Waals surface area contributed by atoms with Gasteiger partial charge in [-0.15, -0.1) is 0 Å². The van der Waals surface area contributed by atoms with E-state index in [0.29, 0.717) is 12.4 Å². The summed E-state index contributed by atoms with van der Waals surface area (Å²) in [5.74, 6) is 1.31. The summed E-state index contributed by atoms with van der Waals surface area (Å²) in [6.07, 6.45) is 2.62. The van der Waals surface area contributed by atoms with E-state index < -0.39 is 5.41 Å². The Labute approximate surface area is 117 Å². The van der Waals surface area contributed by atoms with E-state index >= 15 is 0 Å². The minimum Gasteiger partial charge on any atom is -0.497 e. The van der Waals surface area contributed by atoms with E-state index in [9.17, 15) is 4.79 Å². The number of ether oxygens (including phenoxy) is 2. The zero-order valence-electron chi connectivity index (χ0n) is 11.7. The Kier molecular flexibility index (Phi) is 3.12. The van der Waals surface area contributed by atoms with Crippen LogP contribution in [0.4, 0.5) is 0 Å². The average Bonchev–Trinajstić information content (AvgIpc) is 2.80. The molecule has 0 unspecified atom stereocenters. The number of aromatic nitrogens is 2. The molecule has 20 heavy (non-hydrogen) atoms. The number of nitrogens with one attached hydrogen (secondary N) is 1. The first-order chi connectivity index (χ1) is 9.69. The molecule has 106 valence electrons. The number of rotatable bonds is 4. The van der Waals surface area contributed by atoms with Crippen LogP contribution in [0.25, 0.3) is 11.0 Å². The lowest BCUT2D eigenvalue weighted by Gasteiger charge is -2.37. The van der Waals surface area contributed by atoms with Crippen LogP contribution in [-0.2, 0) is 14.9 Å². The number of nitrogens with zero attached hydrogens (tertiary/aromatic N) is 1. The van der Waals surface area contributed by atoms with Gasteiger partial charge < -0.3 is 14.5 Å². The summed E-state index contributed by atoms with van der Waals surface area (Å²) in [6, 6.07) is 5.65.